The number of nitrogens with zero attached hydrogens (tertiary/aromatic N) is 2. The molecule has 2 heterocycles. The molecular weight excluding hydrogens is 422 g/mol. The lowest BCUT2D eigenvalue weighted by molar-refractivity contribution is -0.131. The summed E-state index contributed by atoms with van der Waals surface area (Å²) in [5.74, 6) is -0.0513. The number of carbonyl (C=O) groups excluding carboxylic acids is 1. The average molecular weight is 446 g/mol. The second-order valence-electron chi connectivity index (χ2n) is 6.54. The molecule has 0 fully saturated rings. The summed E-state index contributed by atoms with van der Waals surface area (Å²) in [4.78, 5) is 18.8. The molecule has 30 heavy (non-hydrogen) atoms. The maximum Gasteiger partial charge on any atom is 0.271 e. The zero-order valence-electron chi connectivity index (χ0n) is 16.5. The molecular formula is C21H23N3O4S2. The Labute approximate surface area is 180 Å². The van der Waals surface area contributed by atoms with Gasteiger partial charge < -0.3 is 9.64 Å². The number of ether oxygens (including phenoxy) is 1. The van der Waals surface area contributed by atoms with Gasteiger partial charge in [0, 0.05) is 25.5 Å². The quantitative estimate of drug-likeness (QED) is 0.518. The summed E-state index contributed by atoms with van der Waals surface area (Å²) >= 11 is 1.15. The first kappa shape index (κ1) is 21.9. The number of thiophene rings is 1. The minimum atomic E-state index is -3.59. The zero-order valence-corrected chi connectivity index (χ0v) is 18.2. The summed E-state index contributed by atoms with van der Waals surface area (Å²) in [6.07, 6.45) is 1.90. The van der Waals surface area contributed by atoms with Crippen LogP contribution in [0, 0.1) is 0 Å². The molecule has 9 heteroatoms. The van der Waals surface area contributed by atoms with E-state index in [4.69, 9.17) is 4.74 Å². The first-order chi connectivity index (χ1) is 14.5. The highest BCUT2D eigenvalue weighted by atomic mass is 32.2. The molecule has 3 aromatic rings. The summed E-state index contributed by atoms with van der Waals surface area (Å²) in [5.41, 5.74) is 2.05. The summed E-state index contributed by atoms with van der Waals surface area (Å²) in [7, 11) is -2.00. The Morgan fingerprint density at radius 2 is 1.93 bits per heavy atom. The molecule has 0 aliphatic rings. The number of hydrogen-bond acceptors (Lipinski definition) is 6. The molecule has 0 saturated carbocycles. The van der Waals surface area contributed by atoms with Crippen LogP contribution in [-0.4, -0.2) is 44.5 Å². The van der Waals surface area contributed by atoms with Gasteiger partial charge in [0.1, 0.15) is 4.21 Å². The molecule has 0 bridgehead atoms. The van der Waals surface area contributed by atoms with Gasteiger partial charge in [-0.2, -0.15) is 0 Å². The van der Waals surface area contributed by atoms with Gasteiger partial charge in [0.05, 0.1) is 25.3 Å². The highest BCUT2D eigenvalue weighted by molar-refractivity contribution is 7.94. The monoisotopic (exact) mass is 445 g/mol. The first-order valence-electron chi connectivity index (χ1n) is 9.30. The molecule has 0 saturated heterocycles. The van der Waals surface area contributed by atoms with Crippen molar-refractivity contribution in [2.24, 2.45) is 0 Å². The highest BCUT2D eigenvalue weighted by Gasteiger charge is 2.17. The van der Waals surface area contributed by atoms with Crippen LogP contribution in [-0.2, 0) is 32.5 Å². The molecule has 0 aliphatic heterocycles. The predicted octanol–water partition coefficient (Wildman–Crippen LogP) is 3.16. The predicted molar refractivity (Wildman–Crippen MR) is 117 cm³/mol. The van der Waals surface area contributed by atoms with Gasteiger partial charge in [-0.05, 0) is 41.3 Å². The van der Waals surface area contributed by atoms with Crippen LogP contribution in [0.4, 0.5) is 5.69 Å². The zero-order chi connectivity index (χ0) is 21.4. The molecule has 0 atom stereocenters. The number of nitrogens with one attached hydrogen (secondary N) is 1. The van der Waals surface area contributed by atoms with Crippen LogP contribution in [0.2, 0.25) is 0 Å². The van der Waals surface area contributed by atoms with E-state index in [9.17, 15) is 13.2 Å². The summed E-state index contributed by atoms with van der Waals surface area (Å²) in [6, 6.07) is 15.7. The van der Waals surface area contributed by atoms with E-state index < -0.39 is 10.0 Å². The van der Waals surface area contributed by atoms with Gasteiger partial charge in [0.25, 0.3) is 10.0 Å². The van der Waals surface area contributed by atoms with E-state index in [1.54, 1.807) is 60.0 Å². The fourth-order valence-corrected chi connectivity index (χ4v) is 4.83. The second kappa shape index (κ2) is 10.3. The Kier molecular flexibility index (Phi) is 7.56. The van der Waals surface area contributed by atoms with E-state index >= 15 is 0 Å². The van der Waals surface area contributed by atoms with Gasteiger partial charge in [0.15, 0.2) is 0 Å². The number of amides is 1. The molecule has 0 unspecified atom stereocenters. The third-order valence-corrected chi connectivity index (χ3v) is 7.10. The van der Waals surface area contributed by atoms with Crippen molar-refractivity contribution in [2.75, 3.05) is 25.0 Å². The Hall–Kier alpha value is -2.75. The van der Waals surface area contributed by atoms with Gasteiger partial charge in [0.2, 0.25) is 5.91 Å². The Bertz CT molecular complexity index is 1040. The van der Waals surface area contributed by atoms with Crippen LogP contribution < -0.4 is 4.72 Å². The summed E-state index contributed by atoms with van der Waals surface area (Å²) < 4.78 is 32.5. The van der Waals surface area contributed by atoms with E-state index in [1.807, 2.05) is 18.2 Å². The van der Waals surface area contributed by atoms with E-state index in [1.165, 1.54) is 0 Å². The van der Waals surface area contributed by atoms with Crippen LogP contribution in [0.25, 0.3) is 0 Å². The number of rotatable bonds is 10. The highest BCUT2D eigenvalue weighted by Crippen LogP contribution is 2.20. The second-order valence-corrected chi connectivity index (χ2v) is 9.40. The van der Waals surface area contributed by atoms with Gasteiger partial charge in [-0.15, -0.1) is 11.3 Å². The Morgan fingerprint density at radius 3 is 2.57 bits per heavy atom. The van der Waals surface area contributed by atoms with E-state index in [-0.39, 0.29) is 16.5 Å². The van der Waals surface area contributed by atoms with E-state index in [0.29, 0.717) is 25.4 Å². The lowest BCUT2D eigenvalue weighted by Crippen LogP contribution is -2.34. The number of carbonyl (C=O) groups is 1. The lowest BCUT2D eigenvalue weighted by Gasteiger charge is -2.22. The summed E-state index contributed by atoms with van der Waals surface area (Å²) in [6.45, 7) is 1.30. The molecule has 1 amide bonds. The minimum absolute atomic E-state index is 0.0513. The van der Waals surface area contributed by atoms with Crippen molar-refractivity contribution in [1.82, 2.24) is 9.88 Å². The van der Waals surface area contributed by atoms with Crippen LogP contribution in [0.5, 0.6) is 0 Å². The van der Waals surface area contributed by atoms with Gasteiger partial charge in [-0.1, -0.05) is 24.3 Å². The molecule has 1 N–H and O–H groups in total. The molecule has 1 aromatic carbocycles. The van der Waals surface area contributed by atoms with Gasteiger partial charge >= 0.3 is 0 Å². The van der Waals surface area contributed by atoms with Crippen molar-refractivity contribution < 1.29 is 17.9 Å². The third-order valence-electron chi connectivity index (χ3n) is 4.32. The smallest absolute Gasteiger partial charge is 0.271 e. The molecule has 7 nitrogen and oxygen atoms in total. The normalized spacial score (nSPS) is 11.2. The maximum absolute atomic E-state index is 12.8. The van der Waals surface area contributed by atoms with Crippen molar-refractivity contribution >= 4 is 33.0 Å². The topological polar surface area (TPSA) is 88.6 Å². The SMILES string of the molecule is COCCN(Cc1ccccn1)C(=O)Cc1ccc(NS(=O)(=O)c2cccs2)cc1. The minimum Gasteiger partial charge on any atom is -0.383 e. The largest absolute Gasteiger partial charge is 0.383 e. The molecule has 0 spiro atoms. The Balaban J connectivity index is 1.64. The maximum atomic E-state index is 12.8. The standard InChI is InChI=1S/C21H23N3O4S2/c1-28-13-12-24(16-19-5-2-3-11-22-19)20(25)15-17-7-9-18(10-8-17)23-30(26,27)21-6-4-14-29-21/h2-11,14,23H,12-13,15-16H2,1H3. The van der Waals surface area contributed by atoms with Crippen LogP contribution in [0.3, 0.4) is 0 Å². The van der Waals surface area contributed by atoms with E-state index in [0.717, 1.165) is 22.6 Å². The van der Waals surface area contributed by atoms with Crippen molar-refractivity contribution in [1.29, 1.82) is 0 Å². The van der Waals surface area contributed by atoms with Crippen LogP contribution >= 0.6 is 11.3 Å². The number of hydrogen-bond donors (Lipinski definition) is 1. The number of aromatic nitrogens is 1. The van der Waals surface area contributed by atoms with Gasteiger partial charge in [-0.25, -0.2) is 8.42 Å². The third kappa shape index (κ3) is 6.12. The number of benzene rings is 1. The number of methoxy groups -OCH3 is 1. The average Bonchev–Trinajstić information content (AvgIpc) is 3.29. The van der Waals surface area contributed by atoms with Crippen molar-refractivity contribution in [2.45, 2.75) is 17.2 Å². The molecule has 0 aliphatic carbocycles. The van der Waals surface area contributed by atoms with Crippen molar-refractivity contribution in [3.63, 3.8) is 0 Å². The number of sulfonamides is 1. The molecule has 3 rings (SSSR count). The van der Waals surface area contributed by atoms with Gasteiger partial charge in [-0.3, -0.25) is 14.5 Å². The van der Waals surface area contributed by atoms with Crippen LogP contribution in [0.1, 0.15) is 11.3 Å². The molecule has 2 aromatic heterocycles. The summed E-state index contributed by atoms with van der Waals surface area (Å²) in [5, 5.41) is 1.71. The lowest BCUT2D eigenvalue weighted by atomic mass is 10.1. The molecule has 158 valence electrons. The molecule has 0 radical (unpaired) electrons. The fraction of sp³-hybridized carbons (Fsp3) is 0.238. The van der Waals surface area contributed by atoms with Crippen molar-refractivity contribution in [3.05, 3.63) is 77.4 Å². The fourth-order valence-electron chi connectivity index (χ4n) is 2.78. The van der Waals surface area contributed by atoms with Crippen molar-refractivity contribution in [3.8, 4) is 0 Å². The number of anilines is 1. The van der Waals surface area contributed by atoms with Crippen LogP contribution in [0.15, 0.2) is 70.4 Å². The van der Waals surface area contributed by atoms with E-state index in [2.05, 4.69) is 9.71 Å². The number of pyridine rings is 1. The first-order valence-corrected chi connectivity index (χ1v) is 11.7. The Morgan fingerprint density at radius 1 is 1.13 bits per heavy atom.